The van der Waals surface area contributed by atoms with Gasteiger partial charge in [0.1, 0.15) is 12.1 Å². The van der Waals surface area contributed by atoms with Crippen molar-refractivity contribution in [2.45, 2.75) is 13.8 Å². The van der Waals surface area contributed by atoms with Gasteiger partial charge in [-0.15, -0.1) is 0 Å². The number of hydrogen-bond donors (Lipinski definition) is 0. The molecule has 124 valence electrons. The molecule has 0 saturated carbocycles. The zero-order valence-electron chi connectivity index (χ0n) is 14.3. The Hall–Kier alpha value is -3.00. The molecule has 0 unspecified atom stereocenters. The predicted molar refractivity (Wildman–Crippen MR) is 102 cm³/mol. The van der Waals surface area contributed by atoms with Crippen LogP contribution in [0.3, 0.4) is 0 Å². The summed E-state index contributed by atoms with van der Waals surface area (Å²) in [6.07, 6.45) is 4.94. The summed E-state index contributed by atoms with van der Waals surface area (Å²) in [5, 5.41) is 0. The van der Waals surface area contributed by atoms with E-state index in [1.807, 2.05) is 43.3 Å². The molecule has 0 radical (unpaired) electrons. The molecule has 0 aliphatic rings. The SMILES string of the molecule is Cc1ccc(C=O)cc1/C=C/c1cccc(-c2ccc(F)cc2)c1C. The number of hydrogen-bond acceptors (Lipinski definition) is 1. The summed E-state index contributed by atoms with van der Waals surface area (Å²) in [5.74, 6) is -0.233. The molecule has 1 nitrogen and oxygen atoms in total. The van der Waals surface area contributed by atoms with Gasteiger partial charge in [0.2, 0.25) is 0 Å². The van der Waals surface area contributed by atoms with Gasteiger partial charge in [0.15, 0.2) is 0 Å². The Bertz CT molecular complexity index is 937. The van der Waals surface area contributed by atoms with Crippen LogP contribution >= 0.6 is 0 Å². The Morgan fingerprint density at radius 1 is 0.840 bits per heavy atom. The highest BCUT2D eigenvalue weighted by Crippen LogP contribution is 2.27. The normalized spacial score (nSPS) is 11.0. The molecular weight excluding hydrogens is 311 g/mol. The smallest absolute Gasteiger partial charge is 0.150 e. The highest BCUT2D eigenvalue weighted by atomic mass is 19.1. The van der Waals surface area contributed by atoms with Crippen molar-refractivity contribution in [2.24, 2.45) is 0 Å². The molecule has 0 bridgehead atoms. The van der Waals surface area contributed by atoms with Crippen LogP contribution in [0.2, 0.25) is 0 Å². The average Bonchev–Trinajstić information content (AvgIpc) is 2.63. The van der Waals surface area contributed by atoms with Crippen LogP contribution in [0, 0.1) is 19.7 Å². The Morgan fingerprint density at radius 3 is 2.28 bits per heavy atom. The van der Waals surface area contributed by atoms with Gasteiger partial charge in [0.25, 0.3) is 0 Å². The van der Waals surface area contributed by atoms with Crippen LogP contribution in [0.5, 0.6) is 0 Å². The van der Waals surface area contributed by atoms with Crippen molar-refractivity contribution in [3.8, 4) is 11.1 Å². The van der Waals surface area contributed by atoms with E-state index >= 15 is 0 Å². The van der Waals surface area contributed by atoms with Gasteiger partial charge in [0.05, 0.1) is 0 Å². The molecular formula is C23H19FO. The van der Waals surface area contributed by atoms with E-state index in [2.05, 4.69) is 19.1 Å². The summed E-state index contributed by atoms with van der Waals surface area (Å²) in [6, 6.07) is 18.3. The summed E-state index contributed by atoms with van der Waals surface area (Å²) in [4.78, 5) is 11.0. The summed E-state index contributed by atoms with van der Waals surface area (Å²) in [7, 11) is 0. The van der Waals surface area contributed by atoms with Crippen LogP contribution in [-0.2, 0) is 0 Å². The van der Waals surface area contributed by atoms with Crippen LogP contribution in [0.15, 0.2) is 60.7 Å². The summed E-state index contributed by atoms with van der Waals surface area (Å²) < 4.78 is 13.2. The van der Waals surface area contributed by atoms with Crippen molar-refractivity contribution in [1.82, 2.24) is 0 Å². The van der Waals surface area contributed by atoms with Gasteiger partial charge in [-0.3, -0.25) is 4.79 Å². The summed E-state index contributed by atoms with van der Waals surface area (Å²) in [5.41, 5.74) is 7.12. The minimum absolute atomic E-state index is 0.233. The zero-order valence-corrected chi connectivity index (χ0v) is 14.3. The topological polar surface area (TPSA) is 17.1 Å². The number of aryl methyl sites for hydroxylation is 1. The first kappa shape index (κ1) is 16.8. The lowest BCUT2D eigenvalue weighted by Gasteiger charge is -2.09. The van der Waals surface area contributed by atoms with Crippen LogP contribution in [0.25, 0.3) is 23.3 Å². The Morgan fingerprint density at radius 2 is 1.56 bits per heavy atom. The first-order chi connectivity index (χ1) is 12.1. The van der Waals surface area contributed by atoms with Gasteiger partial charge < -0.3 is 0 Å². The molecule has 3 aromatic carbocycles. The highest BCUT2D eigenvalue weighted by molar-refractivity contribution is 5.81. The van der Waals surface area contributed by atoms with Crippen molar-refractivity contribution < 1.29 is 9.18 Å². The number of benzene rings is 3. The number of carbonyl (C=O) groups is 1. The third kappa shape index (κ3) is 3.74. The maximum absolute atomic E-state index is 13.2. The maximum Gasteiger partial charge on any atom is 0.150 e. The van der Waals surface area contributed by atoms with Gasteiger partial charge >= 0.3 is 0 Å². The number of halogens is 1. The van der Waals surface area contributed by atoms with E-state index < -0.39 is 0 Å². The molecule has 2 heteroatoms. The second-order valence-electron chi connectivity index (χ2n) is 6.09. The first-order valence-electron chi connectivity index (χ1n) is 8.18. The standard InChI is InChI=1S/C23H19FO/c1-16-6-7-18(15-25)14-21(16)9-8-19-4-3-5-23(17(19)2)20-10-12-22(24)13-11-20/h3-15H,1-2H3/b9-8+. The Kier molecular flexibility index (Phi) is 4.90. The second kappa shape index (κ2) is 7.27. The molecule has 0 fully saturated rings. The lowest BCUT2D eigenvalue weighted by atomic mass is 9.95. The molecule has 0 aromatic heterocycles. The zero-order chi connectivity index (χ0) is 17.8. The molecule has 0 atom stereocenters. The monoisotopic (exact) mass is 330 g/mol. The lowest BCUT2D eigenvalue weighted by Crippen LogP contribution is -1.88. The fourth-order valence-electron chi connectivity index (χ4n) is 2.87. The van der Waals surface area contributed by atoms with Crippen LogP contribution < -0.4 is 0 Å². The summed E-state index contributed by atoms with van der Waals surface area (Å²) in [6.45, 7) is 4.09. The van der Waals surface area contributed by atoms with E-state index in [1.165, 1.54) is 12.1 Å². The van der Waals surface area contributed by atoms with Crippen molar-refractivity contribution >= 4 is 18.4 Å². The molecule has 0 aliphatic heterocycles. The van der Waals surface area contributed by atoms with Gasteiger partial charge in [-0.25, -0.2) is 4.39 Å². The number of rotatable bonds is 4. The van der Waals surface area contributed by atoms with E-state index in [4.69, 9.17) is 0 Å². The van der Waals surface area contributed by atoms with Gasteiger partial charge in [-0.2, -0.15) is 0 Å². The van der Waals surface area contributed by atoms with E-state index in [-0.39, 0.29) is 5.82 Å². The van der Waals surface area contributed by atoms with E-state index in [0.717, 1.165) is 39.7 Å². The summed E-state index contributed by atoms with van der Waals surface area (Å²) >= 11 is 0. The van der Waals surface area contributed by atoms with Crippen molar-refractivity contribution in [2.75, 3.05) is 0 Å². The predicted octanol–water partition coefficient (Wildman–Crippen LogP) is 6.09. The quantitative estimate of drug-likeness (QED) is 0.418. The maximum atomic E-state index is 13.2. The minimum Gasteiger partial charge on any atom is -0.298 e. The lowest BCUT2D eigenvalue weighted by molar-refractivity contribution is 0.112. The van der Waals surface area contributed by atoms with Crippen LogP contribution in [0.1, 0.15) is 32.6 Å². The van der Waals surface area contributed by atoms with E-state index in [9.17, 15) is 9.18 Å². The molecule has 0 heterocycles. The minimum atomic E-state index is -0.233. The molecule has 25 heavy (non-hydrogen) atoms. The van der Waals surface area contributed by atoms with Crippen LogP contribution in [-0.4, -0.2) is 6.29 Å². The highest BCUT2D eigenvalue weighted by Gasteiger charge is 2.05. The van der Waals surface area contributed by atoms with Crippen molar-refractivity contribution in [3.05, 3.63) is 94.3 Å². The largest absolute Gasteiger partial charge is 0.298 e. The van der Waals surface area contributed by atoms with Crippen LogP contribution in [0.4, 0.5) is 4.39 Å². The second-order valence-corrected chi connectivity index (χ2v) is 6.09. The molecule has 0 spiro atoms. The number of carbonyl (C=O) groups excluding carboxylic acids is 1. The third-order valence-electron chi connectivity index (χ3n) is 4.41. The molecule has 0 aliphatic carbocycles. The Balaban J connectivity index is 1.97. The number of aldehydes is 1. The molecule has 0 amide bonds. The van der Waals surface area contributed by atoms with Gasteiger partial charge in [0, 0.05) is 5.56 Å². The van der Waals surface area contributed by atoms with Gasteiger partial charge in [-0.1, -0.05) is 54.6 Å². The van der Waals surface area contributed by atoms with E-state index in [1.54, 1.807) is 12.1 Å². The van der Waals surface area contributed by atoms with E-state index in [0.29, 0.717) is 5.56 Å². The Labute approximate surface area is 147 Å². The molecule has 3 aromatic rings. The average molecular weight is 330 g/mol. The van der Waals surface area contributed by atoms with Crippen molar-refractivity contribution in [1.29, 1.82) is 0 Å². The first-order valence-corrected chi connectivity index (χ1v) is 8.18. The fourth-order valence-corrected chi connectivity index (χ4v) is 2.87. The third-order valence-corrected chi connectivity index (χ3v) is 4.41. The molecule has 0 N–H and O–H groups in total. The van der Waals surface area contributed by atoms with Gasteiger partial charge in [-0.05, 0) is 65.4 Å². The van der Waals surface area contributed by atoms with Crippen molar-refractivity contribution in [3.63, 3.8) is 0 Å². The fraction of sp³-hybridized carbons (Fsp3) is 0.0870. The molecule has 0 saturated heterocycles. The molecule has 3 rings (SSSR count).